The molecule has 1 amide bonds. The maximum Gasteiger partial charge on any atom is 0.236 e. The van der Waals surface area contributed by atoms with Crippen LogP contribution in [0.3, 0.4) is 0 Å². The van der Waals surface area contributed by atoms with Gasteiger partial charge in [-0.3, -0.25) is 4.79 Å². The highest BCUT2D eigenvalue weighted by Gasteiger charge is 2.12. The number of thioether (sulfide) groups is 1. The smallest absolute Gasteiger partial charge is 0.236 e. The Bertz CT molecular complexity index is 316. The molecular weight excluding hydrogens is 220 g/mol. The summed E-state index contributed by atoms with van der Waals surface area (Å²) in [5.41, 5.74) is 6.35. The summed E-state index contributed by atoms with van der Waals surface area (Å²) < 4.78 is 0. The van der Waals surface area contributed by atoms with Crippen LogP contribution in [0, 0.1) is 0 Å². The largest absolute Gasteiger partial charge is 0.330 e. The van der Waals surface area contributed by atoms with Gasteiger partial charge in [-0.05, 0) is 19.1 Å². The maximum atomic E-state index is 11.9. The van der Waals surface area contributed by atoms with Gasteiger partial charge in [-0.1, -0.05) is 18.2 Å². The second-order valence-corrected chi connectivity index (χ2v) is 4.42. The highest BCUT2D eigenvalue weighted by atomic mass is 32.2. The molecule has 0 fully saturated rings. The molecular formula is C12H18N2OS. The molecule has 1 rings (SSSR count). The number of hydrogen-bond donors (Lipinski definition) is 1. The summed E-state index contributed by atoms with van der Waals surface area (Å²) in [5.74, 6) is 1.48. The molecule has 0 spiro atoms. The zero-order valence-electron chi connectivity index (χ0n) is 9.56. The van der Waals surface area contributed by atoms with Crippen molar-refractivity contribution in [3.63, 3.8) is 0 Å². The molecule has 1 aromatic rings. The molecule has 88 valence electrons. The number of benzene rings is 1. The van der Waals surface area contributed by atoms with Gasteiger partial charge in [0, 0.05) is 24.5 Å². The number of carbonyl (C=O) groups excluding carboxylic acids is 1. The third-order valence-corrected chi connectivity index (χ3v) is 3.15. The Kier molecular flexibility index (Phi) is 5.96. The van der Waals surface area contributed by atoms with E-state index in [9.17, 15) is 4.79 Å². The van der Waals surface area contributed by atoms with E-state index >= 15 is 0 Å². The van der Waals surface area contributed by atoms with Crippen LogP contribution in [-0.2, 0) is 4.79 Å². The van der Waals surface area contributed by atoms with Gasteiger partial charge in [-0.25, -0.2) is 0 Å². The first-order chi connectivity index (χ1) is 7.79. The van der Waals surface area contributed by atoms with Gasteiger partial charge in [0.05, 0.1) is 5.75 Å². The van der Waals surface area contributed by atoms with Crippen LogP contribution in [0.5, 0.6) is 0 Å². The van der Waals surface area contributed by atoms with Gasteiger partial charge in [0.25, 0.3) is 0 Å². The van der Waals surface area contributed by atoms with E-state index in [1.807, 2.05) is 37.3 Å². The molecule has 0 bridgehead atoms. The van der Waals surface area contributed by atoms with E-state index in [-0.39, 0.29) is 5.91 Å². The number of hydrogen-bond acceptors (Lipinski definition) is 3. The van der Waals surface area contributed by atoms with Gasteiger partial charge >= 0.3 is 0 Å². The van der Waals surface area contributed by atoms with Crippen molar-refractivity contribution in [2.45, 2.75) is 6.92 Å². The zero-order valence-corrected chi connectivity index (χ0v) is 10.4. The van der Waals surface area contributed by atoms with Crippen LogP contribution in [-0.4, -0.2) is 30.5 Å². The first-order valence-electron chi connectivity index (χ1n) is 5.42. The quantitative estimate of drug-likeness (QED) is 0.768. The van der Waals surface area contributed by atoms with E-state index < -0.39 is 0 Å². The summed E-state index contributed by atoms with van der Waals surface area (Å²) >= 11 is 1.58. The highest BCUT2D eigenvalue weighted by Crippen LogP contribution is 2.14. The molecule has 0 aliphatic heterocycles. The lowest BCUT2D eigenvalue weighted by molar-refractivity contribution is -0.116. The van der Waals surface area contributed by atoms with Gasteiger partial charge in [0.2, 0.25) is 5.91 Å². The molecule has 0 aliphatic rings. The fourth-order valence-electron chi connectivity index (χ4n) is 1.43. The monoisotopic (exact) mass is 238 g/mol. The normalized spacial score (nSPS) is 10.1. The average Bonchev–Trinajstić information content (AvgIpc) is 2.32. The van der Waals surface area contributed by atoms with E-state index in [4.69, 9.17) is 5.73 Å². The fraction of sp³-hybridized carbons (Fsp3) is 0.417. The van der Waals surface area contributed by atoms with Crippen molar-refractivity contribution in [1.82, 2.24) is 0 Å². The molecule has 0 aliphatic carbocycles. The molecule has 16 heavy (non-hydrogen) atoms. The minimum atomic E-state index is 0.146. The number of anilines is 1. The van der Waals surface area contributed by atoms with E-state index in [0.717, 1.165) is 11.4 Å². The maximum absolute atomic E-state index is 11.9. The number of para-hydroxylation sites is 1. The predicted molar refractivity (Wildman–Crippen MR) is 70.8 cm³/mol. The number of rotatable bonds is 6. The molecule has 1 aromatic carbocycles. The third-order valence-electron chi connectivity index (χ3n) is 2.17. The molecule has 0 saturated heterocycles. The van der Waals surface area contributed by atoms with Crippen LogP contribution in [0.25, 0.3) is 0 Å². The minimum Gasteiger partial charge on any atom is -0.330 e. The second kappa shape index (κ2) is 7.30. The average molecular weight is 238 g/mol. The predicted octanol–water partition coefficient (Wildman–Crippen LogP) is 1.73. The number of nitrogens with zero attached hydrogens (tertiary/aromatic N) is 1. The van der Waals surface area contributed by atoms with Gasteiger partial charge in [0.1, 0.15) is 0 Å². The molecule has 0 radical (unpaired) electrons. The summed E-state index contributed by atoms with van der Waals surface area (Å²) in [4.78, 5) is 13.7. The van der Waals surface area contributed by atoms with Crippen LogP contribution in [0.2, 0.25) is 0 Å². The lowest BCUT2D eigenvalue weighted by atomic mass is 10.3. The van der Waals surface area contributed by atoms with E-state index in [0.29, 0.717) is 18.8 Å². The Balaban J connectivity index is 2.57. The van der Waals surface area contributed by atoms with Crippen molar-refractivity contribution in [2.24, 2.45) is 5.73 Å². The zero-order chi connectivity index (χ0) is 11.8. The molecule has 0 aromatic heterocycles. The van der Waals surface area contributed by atoms with Crippen molar-refractivity contribution < 1.29 is 4.79 Å². The van der Waals surface area contributed by atoms with Crippen LogP contribution in [0.4, 0.5) is 5.69 Å². The minimum absolute atomic E-state index is 0.146. The van der Waals surface area contributed by atoms with Crippen LogP contribution < -0.4 is 10.6 Å². The number of amides is 1. The summed E-state index contributed by atoms with van der Waals surface area (Å²) in [6.45, 7) is 3.31. The summed E-state index contributed by atoms with van der Waals surface area (Å²) in [6, 6.07) is 9.74. The molecule has 0 heterocycles. The third kappa shape index (κ3) is 3.87. The Hall–Kier alpha value is -1.00. The summed E-state index contributed by atoms with van der Waals surface area (Å²) in [7, 11) is 0. The number of nitrogens with two attached hydrogens (primary N) is 1. The van der Waals surface area contributed by atoms with Crippen LogP contribution in [0.15, 0.2) is 30.3 Å². The highest BCUT2D eigenvalue weighted by molar-refractivity contribution is 7.99. The van der Waals surface area contributed by atoms with Gasteiger partial charge in [0.15, 0.2) is 0 Å². The molecule has 3 nitrogen and oxygen atoms in total. The van der Waals surface area contributed by atoms with Crippen molar-refractivity contribution in [3.05, 3.63) is 30.3 Å². The lowest BCUT2D eigenvalue weighted by Crippen LogP contribution is -2.32. The van der Waals surface area contributed by atoms with Crippen LogP contribution >= 0.6 is 11.8 Å². The Morgan fingerprint density at radius 2 is 2.06 bits per heavy atom. The van der Waals surface area contributed by atoms with Gasteiger partial charge in [-0.2, -0.15) is 11.8 Å². The first-order valence-corrected chi connectivity index (χ1v) is 6.58. The first kappa shape index (κ1) is 13.1. The summed E-state index contributed by atoms with van der Waals surface area (Å²) in [5, 5.41) is 0. The lowest BCUT2D eigenvalue weighted by Gasteiger charge is -2.20. The molecule has 0 unspecified atom stereocenters. The standard InChI is InChI=1S/C12H18N2OS/c1-2-14(11-6-4-3-5-7-11)12(15)10-16-9-8-13/h3-7H,2,8-10,13H2,1H3. The molecule has 4 heteroatoms. The Morgan fingerprint density at radius 1 is 1.38 bits per heavy atom. The molecule has 0 atom stereocenters. The van der Waals surface area contributed by atoms with E-state index in [1.54, 1.807) is 16.7 Å². The molecule has 0 saturated carbocycles. The Labute approximate surface area is 101 Å². The van der Waals surface area contributed by atoms with Crippen molar-refractivity contribution in [1.29, 1.82) is 0 Å². The summed E-state index contributed by atoms with van der Waals surface area (Å²) in [6.07, 6.45) is 0. The van der Waals surface area contributed by atoms with E-state index in [1.165, 1.54) is 0 Å². The van der Waals surface area contributed by atoms with Gasteiger partial charge < -0.3 is 10.6 Å². The van der Waals surface area contributed by atoms with E-state index in [2.05, 4.69) is 0 Å². The van der Waals surface area contributed by atoms with Gasteiger partial charge in [-0.15, -0.1) is 0 Å². The number of carbonyl (C=O) groups is 1. The SMILES string of the molecule is CCN(C(=O)CSCCN)c1ccccc1. The van der Waals surface area contributed by atoms with Crippen molar-refractivity contribution >= 4 is 23.4 Å². The molecule has 2 N–H and O–H groups in total. The Morgan fingerprint density at radius 3 is 2.62 bits per heavy atom. The van der Waals surface area contributed by atoms with Crippen molar-refractivity contribution in [2.75, 3.05) is 29.5 Å². The van der Waals surface area contributed by atoms with Crippen molar-refractivity contribution in [3.8, 4) is 0 Å². The topological polar surface area (TPSA) is 46.3 Å². The van der Waals surface area contributed by atoms with Crippen LogP contribution in [0.1, 0.15) is 6.92 Å². The second-order valence-electron chi connectivity index (χ2n) is 3.31. The fourth-order valence-corrected chi connectivity index (χ4v) is 2.07.